The highest BCUT2D eigenvalue weighted by Gasteiger charge is 2.48. The molecule has 0 N–H and O–H groups in total. The number of nitrogens with zero attached hydrogens (tertiary/aromatic N) is 5. The van der Waals surface area contributed by atoms with Crippen molar-refractivity contribution in [3.63, 3.8) is 0 Å². The molecular formula is C25H32FN5OSi. The normalized spacial score (nSPS) is 20.2. The highest BCUT2D eigenvalue weighted by molar-refractivity contribution is 6.74. The predicted octanol–water partition coefficient (Wildman–Crippen LogP) is 5.60. The van der Waals surface area contributed by atoms with E-state index in [0.29, 0.717) is 30.0 Å². The molecule has 1 aliphatic rings. The molecule has 0 aliphatic carbocycles. The minimum Gasteiger partial charge on any atom is -0.411 e. The van der Waals surface area contributed by atoms with E-state index >= 15 is 4.39 Å². The molecule has 3 aromatic rings. The van der Waals surface area contributed by atoms with E-state index in [0.717, 1.165) is 11.3 Å². The van der Waals surface area contributed by atoms with E-state index in [2.05, 4.69) is 44.9 Å². The van der Waals surface area contributed by atoms with Crippen molar-refractivity contribution in [3.8, 4) is 17.3 Å². The molecule has 0 bridgehead atoms. The van der Waals surface area contributed by atoms with Gasteiger partial charge in [-0.25, -0.2) is 13.9 Å². The lowest BCUT2D eigenvalue weighted by molar-refractivity contribution is 0.0273. The zero-order valence-corrected chi connectivity index (χ0v) is 21.3. The number of aromatic nitrogens is 3. The van der Waals surface area contributed by atoms with Gasteiger partial charge in [0, 0.05) is 18.5 Å². The van der Waals surface area contributed by atoms with Gasteiger partial charge in [-0.3, -0.25) is 0 Å². The first kappa shape index (κ1) is 23.4. The summed E-state index contributed by atoms with van der Waals surface area (Å²) in [6.45, 7) is 13.5. The van der Waals surface area contributed by atoms with Crippen molar-refractivity contribution >= 4 is 19.8 Å². The van der Waals surface area contributed by atoms with E-state index < -0.39 is 20.1 Å². The van der Waals surface area contributed by atoms with Crippen molar-refractivity contribution in [2.24, 2.45) is 0 Å². The van der Waals surface area contributed by atoms with Crippen molar-refractivity contribution < 1.29 is 8.82 Å². The monoisotopic (exact) mass is 465 g/mol. The molecule has 0 radical (unpaired) electrons. The number of alkyl halides is 1. The summed E-state index contributed by atoms with van der Waals surface area (Å²) in [5.74, 6) is 0.706. The first-order valence-electron chi connectivity index (χ1n) is 11.4. The van der Waals surface area contributed by atoms with Gasteiger partial charge in [0.2, 0.25) is 0 Å². The Morgan fingerprint density at radius 1 is 1.24 bits per heavy atom. The number of halogens is 1. The molecular weight excluding hydrogens is 433 g/mol. The Morgan fingerprint density at radius 2 is 2.00 bits per heavy atom. The van der Waals surface area contributed by atoms with Gasteiger partial charge < -0.3 is 9.33 Å². The first-order chi connectivity index (χ1) is 15.4. The number of nitriles is 1. The molecule has 3 heterocycles. The van der Waals surface area contributed by atoms with Crippen LogP contribution >= 0.6 is 0 Å². The van der Waals surface area contributed by atoms with Gasteiger partial charge >= 0.3 is 0 Å². The van der Waals surface area contributed by atoms with Gasteiger partial charge in [0.05, 0.1) is 36.2 Å². The van der Waals surface area contributed by atoms with E-state index in [4.69, 9.17) is 9.52 Å². The number of hydrogen-bond donors (Lipinski definition) is 0. The molecule has 6 nitrogen and oxygen atoms in total. The van der Waals surface area contributed by atoms with Crippen LogP contribution in [-0.4, -0.2) is 47.8 Å². The largest absolute Gasteiger partial charge is 0.411 e. The van der Waals surface area contributed by atoms with Crippen LogP contribution in [0.25, 0.3) is 16.9 Å². The van der Waals surface area contributed by atoms with Crippen molar-refractivity contribution in [2.45, 2.75) is 64.0 Å². The van der Waals surface area contributed by atoms with Gasteiger partial charge in [-0.2, -0.15) is 5.26 Å². The molecule has 33 heavy (non-hydrogen) atoms. The van der Waals surface area contributed by atoms with Crippen LogP contribution in [0.5, 0.6) is 0 Å². The second-order valence-electron chi connectivity index (χ2n) is 10.5. The van der Waals surface area contributed by atoms with Crippen LogP contribution in [0.2, 0.25) is 18.1 Å². The Bertz CT molecular complexity index is 1210. The molecule has 2 atom stereocenters. The number of anilines is 1. The number of imidazole rings is 1. The molecule has 1 aliphatic heterocycles. The van der Waals surface area contributed by atoms with Crippen LogP contribution in [0.4, 0.5) is 10.2 Å². The van der Waals surface area contributed by atoms with Crippen LogP contribution in [0, 0.1) is 11.3 Å². The molecule has 174 valence electrons. The SMILES string of the molecule is CC(O[Si](C)(C)C(C)(C)C)C1(F)CCN(c2ccc3ncc(-c4cccc(C#N)c4)n3n2)C1. The maximum atomic E-state index is 16.0. The highest BCUT2D eigenvalue weighted by Crippen LogP contribution is 2.41. The highest BCUT2D eigenvalue weighted by atomic mass is 28.4. The third kappa shape index (κ3) is 4.40. The minimum absolute atomic E-state index is 0.0309. The van der Waals surface area contributed by atoms with Crippen molar-refractivity contribution in [1.82, 2.24) is 14.6 Å². The van der Waals surface area contributed by atoms with Gasteiger partial charge in [0.1, 0.15) is 5.82 Å². The number of hydrogen-bond acceptors (Lipinski definition) is 5. The van der Waals surface area contributed by atoms with Crippen LogP contribution in [0.3, 0.4) is 0 Å². The molecule has 1 aromatic carbocycles. The summed E-state index contributed by atoms with van der Waals surface area (Å²) in [5, 5.41) is 14.0. The molecule has 8 heteroatoms. The third-order valence-electron chi connectivity index (χ3n) is 7.22. The molecule has 4 rings (SSSR count). The Kier molecular flexibility index (Phi) is 5.83. The summed E-state index contributed by atoms with van der Waals surface area (Å²) in [5.41, 5.74) is 1.52. The molecule has 0 saturated carbocycles. The maximum Gasteiger partial charge on any atom is 0.192 e. The molecule has 2 aromatic heterocycles. The first-order valence-corrected chi connectivity index (χ1v) is 14.3. The Hall–Kier alpha value is -2.76. The maximum absolute atomic E-state index is 16.0. The lowest BCUT2D eigenvalue weighted by atomic mass is 10.00. The minimum atomic E-state index is -2.07. The lowest BCUT2D eigenvalue weighted by Gasteiger charge is -2.41. The van der Waals surface area contributed by atoms with Crippen molar-refractivity contribution in [1.29, 1.82) is 5.26 Å². The summed E-state index contributed by atoms with van der Waals surface area (Å²) in [7, 11) is -2.07. The van der Waals surface area contributed by atoms with Crippen LogP contribution in [0.15, 0.2) is 42.6 Å². The quantitative estimate of drug-likeness (QED) is 0.459. The molecule has 1 fully saturated rings. The van der Waals surface area contributed by atoms with Gasteiger partial charge in [-0.05, 0) is 49.3 Å². The lowest BCUT2D eigenvalue weighted by Crippen LogP contribution is -2.50. The van der Waals surface area contributed by atoms with Gasteiger partial charge in [0.15, 0.2) is 19.6 Å². The fourth-order valence-electron chi connectivity index (χ4n) is 4.03. The average Bonchev–Trinajstić information content (AvgIpc) is 3.37. The molecule has 1 saturated heterocycles. The molecule has 0 spiro atoms. The van der Waals surface area contributed by atoms with E-state index in [1.54, 1.807) is 16.8 Å². The zero-order valence-electron chi connectivity index (χ0n) is 20.3. The van der Waals surface area contributed by atoms with Crippen molar-refractivity contribution in [2.75, 3.05) is 18.0 Å². The van der Waals surface area contributed by atoms with Crippen LogP contribution < -0.4 is 4.90 Å². The fourth-order valence-corrected chi connectivity index (χ4v) is 5.47. The van der Waals surface area contributed by atoms with E-state index in [9.17, 15) is 5.26 Å². The second kappa shape index (κ2) is 8.23. The van der Waals surface area contributed by atoms with E-state index in [1.807, 2.05) is 42.2 Å². The summed E-state index contributed by atoms with van der Waals surface area (Å²) >= 11 is 0. The van der Waals surface area contributed by atoms with E-state index in [1.165, 1.54) is 0 Å². The van der Waals surface area contributed by atoms with E-state index in [-0.39, 0.29) is 11.6 Å². The predicted molar refractivity (Wildman–Crippen MR) is 132 cm³/mol. The molecule has 0 amide bonds. The van der Waals surface area contributed by atoms with Gasteiger partial charge in [0.25, 0.3) is 0 Å². The summed E-state index contributed by atoms with van der Waals surface area (Å²) < 4.78 is 24.2. The smallest absolute Gasteiger partial charge is 0.192 e. The Balaban J connectivity index is 1.58. The Labute approximate surface area is 196 Å². The van der Waals surface area contributed by atoms with Crippen molar-refractivity contribution in [3.05, 3.63) is 48.2 Å². The third-order valence-corrected chi connectivity index (χ3v) is 11.8. The topological polar surface area (TPSA) is 66.5 Å². The average molecular weight is 466 g/mol. The van der Waals surface area contributed by atoms with Crippen LogP contribution in [0.1, 0.15) is 39.7 Å². The van der Waals surface area contributed by atoms with Crippen LogP contribution in [-0.2, 0) is 4.43 Å². The van der Waals surface area contributed by atoms with Gasteiger partial charge in [-0.15, -0.1) is 5.10 Å². The summed E-state index contributed by atoms with van der Waals surface area (Å²) in [6.07, 6.45) is 1.68. The van der Waals surface area contributed by atoms with Gasteiger partial charge in [-0.1, -0.05) is 32.9 Å². The Morgan fingerprint density at radius 3 is 2.70 bits per heavy atom. The number of benzene rings is 1. The zero-order chi connectivity index (χ0) is 24.0. The number of rotatable bonds is 5. The number of fused-ring (bicyclic) bond motifs is 1. The molecule has 2 unspecified atom stereocenters. The summed E-state index contributed by atoms with van der Waals surface area (Å²) in [4.78, 5) is 6.43. The fraction of sp³-hybridized carbons (Fsp3) is 0.480. The standard InChI is InChI=1S/C25H32FN5OSi/c1-18(32-33(5,6)24(2,3)4)25(26)12-13-30(17-25)23-11-10-22-28-16-21(31(22)29-23)20-9-7-8-19(14-20)15-27/h7-11,14,16,18H,12-13,17H2,1-6H3. The summed E-state index contributed by atoms with van der Waals surface area (Å²) in [6, 6.07) is 13.3. The second-order valence-corrected chi connectivity index (χ2v) is 15.3.